The average molecular weight is 288 g/mol. The molecule has 0 aliphatic heterocycles. The number of carbonyl (C=O) groups is 1. The summed E-state index contributed by atoms with van der Waals surface area (Å²) < 4.78 is 14.7. The Bertz CT molecular complexity index is 750. The van der Waals surface area contributed by atoms with Gasteiger partial charge in [-0.1, -0.05) is 12.1 Å². The van der Waals surface area contributed by atoms with Gasteiger partial charge in [0.15, 0.2) is 0 Å². The zero-order chi connectivity index (χ0) is 15.6. The van der Waals surface area contributed by atoms with Gasteiger partial charge in [0.2, 0.25) is 0 Å². The van der Waals surface area contributed by atoms with E-state index in [1.165, 1.54) is 17.7 Å². The summed E-state index contributed by atoms with van der Waals surface area (Å²) >= 11 is 0. The highest BCUT2D eigenvalue weighted by Crippen LogP contribution is 2.10. The van der Waals surface area contributed by atoms with Crippen molar-refractivity contribution in [1.82, 2.24) is 9.88 Å². The van der Waals surface area contributed by atoms with Crippen LogP contribution in [0, 0.1) is 19.7 Å². The number of aromatic nitrogens is 1. The fourth-order valence-electron chi connectivity index (χ4n) is 2.20. The van der Waals surface area contributed by atoms with Crippen molar-refractivity contribution in [3.8, 4) is 0 Å². The average Bonchev–Trinajstić information content (AvgIpc) is 2.45. The molecule has 4 nitrogen and oxygen atoms in total. The molecule has 0 unspecified atom stereocenters. The van der Waals surface area contributed by atoms with Gasteiger partial charge in [-0.15, -0.1) is 0 Å². The maximum absolute atomic E-state index is 13.3. The molecule has 1 aromatic heterocycles. The van der Waals surface area contributed by atoms with Gasteiger partial charge in [0, 0.05) is 13.2 Å². The van der Waals surface area contributed by atoms with E-state index in [0.29, 0.717) is 12.1 Å². The van der Waals surface area contributed by atoms with Crippen LogP contribution in [0.3, 0.4) is 0 Å². The van der Waals surface area contributed by atoms with Gasteiger partial charge in [0.25, 0.3) is 11.5 Å². The maximum atomic E-state index is 13.3. The lowest BCUT2D eigenvalue weighted by Crippen LogP contribution is -2.31. The van der Waals surface area contributed by atoms with Crippen LogP contribution in [0.5, 0.6) is 0 Å². The molecular weight excluding hydrogens is 271 g/mol. The van der Waals surface area contributed by atoms with Gasteiger partial charge in [0.1, 0.15) is 11.4 Å². The molecule has 1 heterocycles. The molecule has 0 spiro atoms. The van der Waals surface area contributed by atoms with Gasteiger partial charge in [-0.2, -0.15) is 0 Å². The first-order valence-corrected chi connectivity index (χ1v) is 6.60. The Hall–Kier alpha value is -2.43. The first kappa shape index (κ1) is 15.0. The SMILES string of the molecule is CNC(=O)c1cc(C)cn(Cc2ccc(F)c(C)c2)c1=O. The summed E-state index contributed by atoms with van der Waals surface area (Å²) in [5.74, 6) is -0.686. The number of nitrogens with one attached hydrogen (secondary N) is 1. The molecule has 0 radical (unpaired) electrons. The second-order valence-corrected chi connectivity index (χ2v) is 5.03. The Labute approximate surface area is 122 Å². The van der Waals surface area contributed by atoms with Gasteiger partial charge in [-0.25, -0.2) is 4.39 Å². The Balaban J connectivity index is 2.44. The number of nitrogens with zero attached hydrogens (tertiary/aromatic N) is 1. The second kappa shape index (κ2) is 5.91. The van der Waals surface area contributed by atoms with Gasteiger partial charge >= 0.3 is 0 Å². The predicted molar refractivity (Wildman–Crippen MR) is 79.1 cm³/mol. The van der Waals surface area contributed by atoms with Crippen LogP contribution in [0.4, 0.5) is 4.39 Å². The molecular formula is C16H17FN2O2. The zero-order valence-corrected chi connectivity index (χ0v) is 12.2. The highest BCUT2D eigenvalue weighted by Gasteiger charge is 2.12. The molecule has 2 rings (SSSR count). The smallest absolute Gasteiger partial charge is 0.263 e. The molecule has 110 valence electrons. The Morgan fingerprint density at radius 1 is 1.29 bits per heavy atom. The monoisotopic (exact) mass is 288 g/mol. The Morgan fingerprint density at radius 2 is 2.00 bits per heavy atom. The summed E-state index contributed by atoms with van der Waals surface area (Å²) in [6, 6.07) is 6.28. The molecule has 2 aromatic rings. The number of amides is 1. The number of aryl methyl sites for hydroxylation is 2. The summed E-state index contributed by atoms with van der Waals surface area (Å²) in [6.07, 6.45) is 1.69. The van der Waals surface area contributed by atoms with Crippen molar-refractivity contribution in [1.29, 1.82) is 0 Å². The number of hydrogen-bond donors (Lipinski definition) is 1. The van der Waals surface area contributed by atoms with Crippen LogP contribution in [0.25, 0.3) is 0 Å². The molecule has 0 saturated carbocycles. The normalized spacial score (nSPS) is 10.5. The lowest BCUT2D eigenvalue weighted by Gasteiger charge is -2.10. The molecule has 0 aliphatic rings. The fourth-order valence-corrected chi connectivity index (χ4v) is 2.20. The second-order valence-electron chi connectivity index (χ2n) is 5.03. The summed E-state index contributed by atoms with van der Waals surface area (Å²) in [7, 11) is 1.48. The van der Waals surface area contributed by atoms with Gasteiger partial charge < -0.3 is 9.88 Å². The standard InChI is InChI=1S/C16H17FN2O2/c1-10-6-13(15(20)18-3)16(21)19(8-10)9-12-4-5-14(17)11(2)7-12/h4-8H,9H2,1-3H3,(H,18,20). The minimum atomic E-state index is -0.410. The van der Waals surface area contributed by atoms with Gasteiger partial charge in [-0.05, 0) is 42.7 Å². The zero-order valence-electron chi connectivity index (χ0n) is 12.2. The first-order valence-electron chi connectivity index (χ1n) is 6.60. The summed E-state index contributed by atoms with van der Waals surface area (Å²) in [5.41, 5.74) is 1.90. The number of rotatable bonds is 3. The number of benzene rings is 1. The van der Waals surface area contributed by atoms with E-state index in [1.54, 1.807) is 31.3 Å². The van der Waals surface area contributed by atoms with Crippen LogP contribution in [0.2, 0.25) is 0 Å². The van der Waals surface area contributed by atoms with Crippen molar-refractivity contribution < 1.29 is 9.18 Å². The van der Waals surface area contributed by atoms with Crippen LogP contribution in [-0.2, 0) is 6.54 Å². The molecule has 0 aliphatic carbocycles. The molecule has 21 heavy (non-hydrogen) atoms. The van der Waals surface area contributed by atoms with Crippen molar-refractivity contribution in [2.24, 2.45) is 0 Å². The van der Waals surface area contributed by atoms with Crippen LogP contribution in [-0.4, -0.2) is 17.5 Å². The van der Waals surface area contributed by atoms with Crippen LogP contribution < -0.4 is 10.9 Å². The Kier molecular flexibility index (Phi) is 4.21. The van der Waals surface area contributed by atoms with Gasteiger partial charge in [0.05, 0.1) is 6.54 Å². The molecule has 1 amide bonds. The minimum Gasteiger partial charge on any atom is -0.355 e. The lowest BCUT2D eigenvalue weighted by atomic mass is 10.1. The van der Waals surface area contributed by atoms with Crippen molar-refractivity contribution in [2.75, 3.05) is 7.05 Å². The molecule has 0 bridgehead atoms. The van der Waals surface area contributed by atoms with E-state index in [2.05, 4.69) is 5.32 Å². The maximum Gasteiger partial charge on any atom is 0.263 e. The van der Waals surface area contributed by atoms with Crippen molar-refractivity contribution in [2.45, 2.75) is 20.4 Å². The van der Waals surface area contributed by atoms with E-state index in [4.69, 9.17) is 0 Å². The third-order valence-electron chi connectivity index (χ3n) is 3.27. The number of halogens is 1. The highest BCUT2D eigenvalue weighted by molar-refractivity contribution is 5.93. The number of carbonyl (C=O) groups excluding carboxylic acids is 1. The third-order valence-corrected chi connectivity index (χ3v) is 3.27. The predicted octanol–water partition coefficient (Wildman–Crippen LogP) is 2.01. The molecule has 0 atom stereocenters. The third kappa shape index (κ3) is 3.18. The van der Waals surface area contributed by atoms with E-state index in [0.717, 1.165) is 11.1 Å². The Morgan fingerprint density at radius 3 is 2.62 bits per heavy atom. The lowest BCUT2D eigenvalue weighted by molar-refractivity contribution is 0.0961. The number of pyridine rings is 1. The molecule has 1 aromatic carbocycles. The molecule has 0 fully saturated rings. The largest absolute Gasteiger partial charge is 0.355 e. The highest BCUT2D eigenvalue weighted by atomic mass is 19.1. The fraction of sp³-hybridized carbons (Fsp3) is 0.250. The first-order chi connectivity index (χ1) is 9.92. The molecule has 1 N–H and O–H groups in total. The molecule has 5 heteroatoms. The van der Waals surface area contributed by atoms with E-state index in [9.17, 15) is 14.0 Å². The van der Waals surface area contributed by atoms with Crippen LogP contribution in [0.15, 0.2) is 35.3 Å². The van der Waals surface area contributed by atoms with Crippen molar-refractivity contribution >= 4 is 5.91 Å². The minimum absolute atomic E-state index is 0.108. The quantitative estimate of drug-likeness (QED) is 0.939. The summed E-state index contributed by atoms with van der Waals surface area (Å²) in [4.78, 5) is 24.0. The van der Waals surface area contributed by atoms with E-state index >= 15 is 0 Å². The van der Waals surface area contributed by atoms with E-state index in [1.807, 2.05) is 6.92 Å². The van der Waals surface area contributed by atoms with Gasteiger partial charge in [-0.3, -0.25) is 9.59 Å². The summed E-state index contributed by atoms with van der Waals surface area (Å²) in [5, 5.41) is 2.46. The summed E-state index contributed by atoms with van der Waals surface area (Å²) in [6.45, 7) is 3.79. The van der Waals surface area contributed by atoms with E-state index in [-0.39, 0.29) is 16.9 Å². The van der Waals surface area contributed by atoms with Crippen LogP contribution >= 0.6 is 0 Å². The van der Waals surface area contributed by atoms with E-state index < -0.39 is 5.91 Å². The topological polar surface area (TPSA) is 51.1 Å². The van der Waals surface area contributed by atoms with Crippen LogP contribution in [0.1, 0.15) is 27.0 Å². The van der Waals surface area contributed by atoms with Crippen molar-refractivity contribution in [3.05, 3.63) is 68.9 Å². The van der Waals surface area contributed by atoms with Crippen molar-refractivity contribution in [3.63, 3.8) is 0 Å². The number of hydrogen-bond acceptors (Lipinski definition) is 2. The molecule has 0 saturated heterocycles.